The number of hydrogen-bond acceptors (Lipinski definition) is 3. The van der Waals surface area contributed by atoms with E-state index in [4.69, 9.17) is 9.52 Å². The highest BCUT2D eigenvalue weighted by Crippen LogP contribution is 2.19. The smallest absolute Gasteiger partial charge is 0.415 e. The zero-order valence-electron chi connectivity index (χ0n) is 7.21. The maximum Gasteiger partial charge on any atom is 0.415 e. The van der Waals surface area contributed by atoms with Crippen molar-refractivity contribution in [2.24, 2.45) is 0 Å². The molecule has 3 nitrogen and oxygen atoms in total. The van der Waals surface area contributed by atoms with Crippen LogP contribution >= 0.6 is 0 Å². The maximum atomic E-state index is 11.8. The molecule has 0 radical (unpaired) electrons. The van der Waals surface area contributed by atoms with Crippen molar-refractivity contribution in [3.05, 3.63) is 24.2 Å². The third-order valence-electron chi connectivity index (χ3n) is 1.59. The Morgan fingerprint density at radius 2 is 2.21 bits per heavy atom. The van der Waals surface area contributed by atoms with Crippen LogP contribution in [0, 0.1) is 0 Å². The monoisotopic (exact) mass is 209 g/mol. The number of furan rings is 1. The van der Waals surface area contributed by atoms with E-state index in [0.29, 0.717) is 5.76 Å². The molecule has 0 amide bonds. The summed E-state index contributed by atoms with van der Waals surface area (Å²) in [5, 5.41) is 11.0. The van der Waals surface area contributed by atoms with Gasteiger partial charge in [-0.2, -0.15) is 13.2 Å². The Morgan fingerprint density at radius 1 is 1.50 bits per heavy atom. The number of nitrogens with one attached hydrogen (secondary N) is 1. The molecule has 0 aliphatic carbocycles. The summed E-state index contributed by atoms with van der Waals surface area (Å²) in [5.41, 5.74) is 0. The SMILES string of the molecule is O[C@@H](CNCc1ccco1)C(F)(F)F. The molecule has 0 fully saturated rings. The van der Waals surface area contributed by atoms with E-state index in [-0.39, 0.29) is 6.54 Å². The lowest BCUT2D eigenvalue weighted by atomic mass is 10.3. The fraction of sp³-hybridized carbons (Fsp3) is 0.500. The maximum absolute atomic E-state index is 11.8. The van der Waals surface area contributed by atoms with E-state index in [1.807, 2.05) is 0 Å². The summed E-state index contributed by atoms with van der Waals surface area (Å²) in [6.45, 7) is -0.371. The molecule has 1 heterocycles. The lowest BCUT2D eigenvalue weighted by molar-refractivity contribution is -0.201. The van der Waals surface area contributed by atoms with E-state index in [0.717, 1.165) is 0 Å². The molecule has 0 aliphatic rings. The molecule has 1 aromatic rings. The first-order chi connectivity index (χ1) is 6.50. The Balaban J connectivity index is 2.22. The minimum Gasteiger partial charge on any atom is -0.468 e. The van der Waals surface area contributed by atoms with Gasteiger partial charge in [0, 0.05) is 6.54 Å². The average Bonchev–Trinajstić information content (AvgIpc) is 2.55. The summed E-state index contributed by atoms with van der Waals surface area (Å²) < 4.78 is 40.3. The number of aliphatic hydroxyl groups is 1. The van der Waals surface area contributed by atoms with Crippen LogP contribution in [0.1, 0.15) is 5.76 Å². The molecule has 0 aliphatic heterocycles. The summed E-state index contributed by atoms with van der Waals surface area (Å²) in [7, 11) is 0. The van der Waals surface area contributed by atoms with Crippen molar-refractivity contribution in [1.82, 2.24) is 5.32 Å². The van der Waals surface area contributed by atoms with E-state index in [9.17, 15) is 13.2 Å². The third-order valence-corrected chi connectivity index (χ3v) is 1.59. The van der Waals surface area contributed by atoms with Crippen LogP contribution in [0.5, 0.6) is 0 Å². The summed E-state index contributed by atoms with van der Waals surface area (Å²) in [4.78, 5) is 0. The Bertz CT molecular complexity index is 258. The molecule has 0 unspecified atom stereocenters. The van der Waals surface area contributed by atoms with Gasteiger partial charge >= 0.3 is 6.18 Å². The van der Waals surface area contributed by atoms with Gasteiger partial charge in [-0.05, 0) is 12.1 Å². The lowest BCUT2D eigenvalue weighted by Gasteiger charge is -2.14. The minimum absolute atomic E-state index is 0.167. The topological polar surface area (TPSA) is 45.4 Å². The van der Waals surface area contributed by atoms with Gasteiger partial charge in [0.1, 0.15) is 5.76 Å². The minimum atomic E-state index is -4.57. The van der Waals surface area contributed by atoms with Crippen LogP contribution in [-0.4, -0.2) is 23.9 Å². The Morgan fingerprint density at radius 3 is 2.71 bits per heavy atom. The van der Waals surface area contributed by atoms with Gasteiger partial charge in [0.05, 0.1) is 12.8 Å². The average molecular weight is 209 g/mol. The predicted octanol–water partition coefficient (Wildman–Crippen LogP) is 1.29. The molecule has 0 bridgehead atoms. The van der Waals surface area contributed by atoms with Gasteiger partial charge in [-0.1, -0.05) is 0 Å². The molecule has 0 saturated carbocycles. The van der Waals surface area contributed by atoms with Crippen LogP contribution in [-0.2, 0) is 6.54 Å². The first kappa shape index (κ1) is 11.1. The molecule has 1 aromatic heterocycles. The lowest BCUT2D eigenvalue weighted by Crippen LogP contribution is -2.38. The highest BCUT2D eigenvalue weighted by molar-refractivity contribution is 4.97. The molecule has 14 heavy (non-hydrogen) atoms. The molecule has 6 heteroatoms. The highest BCUT2D eigenvalue weighted by Gasteiger charge is 2.37. The van der Waals surface area contributed by atoms with Crippen LogP contribution in [0.2, 0.25) is 0 Å². The fourth-order valence-corrected chi connectivity index (χ4v) is 0.861. The number of alkyl halides is 3. The molecule has 0 saturated heterocycles. The molecule has 80 valence electrons. The third kappa shape index (κ3) is 3.39. The summed E-state index contributed by atoms with van der Waals surface area (Å²) in [5.74, 6) is 0.527. The summed E-state index contributed by atoms with van der Waals surface area (Å²) >= 11 is 0. The predicted molar refractivity (Wildman–Crippen MR) is 42.5 cm³/mol. The first-order valence-electron chi connectivity index (χ1n) is 3.98. The number of hydrogen-bond donors (Lipinski definition) is 2. The van der Waals surface area contributed by atoms with Gasteiger partial charge in [0.15, 0.2) is 6.10 Å². The number of halogens is 3. The van der Waals surface area contributed by atoms with Crippen molar-refractivity contribution in [2.45, 2.75) is 18.8 Å². The van der Waals surface area contributed by atoms with Crippen molar-refractivity contribution in [2.75, 3.05) is 6.54 Å². The Labute approximate surface area is 78.5 Å². The molecule has 2 N–H and O–H groups in total. The van der Waals surface area contributed by atoms with E-state index in [2.05, 4.69) is 5.32 Å². The van der Waals surface area contributed by atoms with E-state index < -0.39 is 18.8 Å². The summed E-state index contributed by atoms with van der Waals surface area (Å²) in [6.07, 6.45) is -5.48. The van der Waals surface area contributed by atoms with Gasteiger partial charge in [0.2, 0.25) is 0 Å². The summed E-state index contributed by atoms with van der Waals surface area (Å²) in [6, 6.07) is 3.27. The quantitative estimate of drug-likeness (QED) is 0.785. The van der Waals surface area contributed by atoms with Gasteiger partial charge < -0.3 is 14.8 Å². The second kappa shape index (κ2) is 4.47. The van der Waals surface area contributed by atoms with Gasteiger partial charge in [-0.25, -0.2) is 0 Å². The zero-order valence-corrected chi connectivity index (χ0v) is 7.21. The van der Waals surface area contributed by atoms with Gasteiger partial charge in [-0.15, -0.1) is 0 Å². The van der Waals surface area contributed by atoms with Crippen LogP contribution < -0.4 is 5.32 Å². The molecule has 1 atom stereocenters. The van der Waals surface area contributed by atoms with Gasteiger partial charge in [-0.3, -0.25) is 0 Å². The van der Waals surface area contributed by atoms with E-state index >= 15 is 0 Å². The normalized spacial score (nSPS) is 14.3. The van der Waals surface area contributed by atoms with Gasteiger partial charge in [0.25, 0.3) is 0 Å². The van der Waals surface area contributed by atoms with Crippen LogP contribution in [0.15, 0.2) is 22.8 Å². The zero-order chi connectivity index (χ0) is 10.6. The van der Waals surface area contributed by atoms with Crippen molar-refractivity contribution < 1.29 is 22.7 Å². The van der Waals surface area contributed by atoms with Crippen LogP contribution in [0.3, 0.4) is 0 Å². The largest absolute Gasteiger partial charge is 0.468 e. The molecule has 0 aromatic carbocycles. The Kier molecular flexibility index (Phi) is 3.54. The molecular weight excluding hydrogens is 199 g/mol. The van der Waals surface area contributed by atoms with Crippen molar-refractivity contribution in [3.8, 4) is 0 Å². The van der Waals surface area contributed by atoms with Crippen molar-refractivity contribution >= 4 is 0 Å². The highest BCUT2D eigenvalue weighted by atomic mass is 19.4. The number of rotatable bonds is 4. The van der Waals surface area contributed by atoms with Crippen LogP contribution in [0.25, 0.3) is 0 Å². The van der Waals surface area contributed by atoms with Crippen molar-refractivity contribution in [3.63, 3.8) is 0 Å². The Hall–Kier alpha value is -1.01. The molecular formula is C8H10F3NO2. The standard InChI is InChI=1S/C8H10F3NO2/c9-8(10,11)7(13)5-12-4-6-2-1-3-14-6/h1-3,7,12-13H,4-5H2/t7-/m0/s1. The molecule has 0 spiro atoms. The fourth-order valence-electron chi connectivity index (χ4n) is 0.861. The molecule has 1 rings (SSSR count). The van der Waals surface area contributed by atoms with E-state index in [1.165, 1.54) is 6.26 Å². The second-order valence-corrected chi connectivity index (χ2v) is 2.77. The van der Waals surface area contributed by atoms with Crippen LogP contribution in [0.4, 0.5) is 13.2 Å². The van der Waals surface area contributed by atoms with E-state index in [1.54, 1.807) is 12.1 Å². The second-order valence-electron chi connectivity index (χ2n) is 2.77. The van der Waals surface area contributed by atoms with Crippen molar-refractivity contribution in [1.29, 1.82) is 0 Å². The number of aliphatic hydroxyl groups excluding tert-OH is 1. The first-order valence-corrected chi connectivity index (χ1v) is 3.98.